The lowest BCUT2D eigenvalue weighted by molar-refractivity contribution is 0.0986. The molecule has 1 aromatic heterocycles. The van der Waals surface area contributed by atoms with Gasteiger partial charge in [0.2, 0.25) is 5.78 Å². The van der Waals surface area contributed by atoms with Crippen molar-refractivity contribution in [2.45, 2.75) is 10.7 Å². The molecule has 60 valence electrons. The van der Waals surface area contributed by atoms with Crippen molar-refractivity contribution >= 4 is 37.6 Å². The van der Waals surface area contributed by atoms with Gasteiger partial charge in [-0.15, -0.1) is 0 Å². The molecular weight excluding hydrogens is 276 g/mol. The number of aryl methyl sites for hydroxylation is 1. The third-order valence-electron chi connectivity index (χ3n) is 1.18. The summed E-state index contributed by atoms with van der Waals surface area (Å²) in [4.78, 5) is 11.2. The standard InChI is InChI=1S/C7H6Br2O2/c1-4-2-3-5(11-4)6(10)7(8)9/h2-3,7H,1H3. The van der Waals surface area contributed by atoms with Crippen molar-refractivity contribution in [2.75, 3.05) is 0 Å². The van der Waals surface area contributed by atoms with Crippen LogP contribution in [0.2, 0.25) is 0 Å². The molecule has 0 fully saturated rings. The molecule has 0 saturated heterocycles. The van der Waals surface area contributed by atoms with Gasteiger partial charge in [0.25, 0.3) is 0 Å². The molecule has 1 heterocycles. The molecule has 0 unspecified atom stereocenters. The van der Waals surface area contributed by atoms with Gasteiger partial charge in [-0.3, -0.25) is 4.79 Å². The van der Waals surface area contributed by atoms with E-state index in [1.54, 1.807) is 19.1 Å². The normalized spacial score (nSPS) is 10.5. The first kappa shape index (κ1) is 9.00. The molecular formula is C7H6Br2O2. The highest BCUT2D eigenvalue weighted by molar-refractivity contribution is 9.25. The van der Waals surface area contributed by atoms with Crippen molar-refractivity contribution in [1.82, 2.24) is 0 Å². The summed E-state index contributed by atoms with van der Waals surface area (Å²) in [7, 11) is 0. The molecule has 0 aliphatic heterocycles. The van der Waals surface area contributed by atoms with E-state index in [1.807, 2.05) is 0 Å². The van der Waals surface area contributed by atoms with Crippen molar-refractivity contribution in [3.05, 3.63) is 23.7 Å². The van der Waals surface area contributed by atoms with Gasteiger partial charge in [0, 0.05) is 0 Å². The minimum absolute atomic E-state index is 0.0990. The zero-order chi connectivity index (χ0) is 8.43. The third-order valence-corrected chi connectivity index (χ3v) is 2.01. The number of rotatable bonds is 2. The van der Waals surface area contributed by atoms with Crippen molar-refractivity contribution in [2.24, 2.45) is 0 Å². The SMILES string of the molecule is Cc1ccc(C(=O)C(Br)Br)o1. The molecule has 0 atom stereocenters. The number of Topliss-reactive ketones (excluding diaryl/α,β-unsaturated/α-hetero) is 1. The van der Waals surface area contributed by atoms with Gasteiger partial charge in [0.15, 0.2) is 5.76 Å². The number of hydrogen-bond acceptors (Lipinski definition) is 2. The van der Waals surface area contributed by atoms with Crippen LogP contribution in [-0.4, -0.2) is 9.52 Å². The monoisotopic (exact) mass is 280 g/mol. The van der Waals surface area contributed by atoms with Gasteiger partial charge in [-0.25, -0.2) is 0 Å². The predicted octanol–water partition coefficient (Wildman–Crippen LogP) is 2.89. The Hall–Kier alpha value is -0.0900. The summed E-state index contributed by atoms with van der Waals surface area (Å²) in [6.07, 6.45) is 0. The second-order valence-electron chi connectivity index (χ2n) is 2.08. The maximum atomic E-state index is 11.2. The fourth-order valence-electron chi connectivity index (χ4n) is 0.674. The maximum absolute atomic E-state index is 11.2. The first-order chi connectivity index (χ1) is 5.11. The molecule has 0 aliphatic carbocycles. The van der Waals surface area contributed by atoms with Crippen LogP contribution in [0.4, 0.5) is 0 Å². The van der Waals surface area contributed by atoms with Crippen LogP contribution >= 0.6 is 31.9 Å². The largest absolute Gasteiger partial charge is 0.458 e. The first-order valence-electron chi connectivity index (χ1n) is 3.00. The maximum Gasteiger partial charge on any atom is 0.222 e. The number of carbonyl (C=O) groups is 1. The highest BCUT2D eigenvalue weighted by atomic mass is 79.9. The van der Waals surface area contributed by atoms with E-state index >= 15 is 0 Å². The van der Waals surface area contributed by atoms with E-state index < -0.39 is 0 Å². The van der Waals surface area contributed by atoms with Gasteiger partial charge in [0.05, 0.1) is 0 Å². The first-order valence-corrected chi connectivity index (χ1v) is 4.83. The molecule has 0 spiro atoms. The summed E-state index contributed by atoms with van der Waals surface area (Å²) >= 11 is 6.19. The van der Waals surface area contributed by atoms with Crippen LogP contribution in [0.5, 0.6) is 0 Å². The molecule has 1 aromatic rings. The number of ketones is 1. The Bertz CT molecular complexity index is 265. The van der Waals surface area contributed by atoms with Crippen molar-refractivity contribution in [1.29, 1.82) is 0 Å². The number of alkyl halides is 2. The van der Waals surface area contributed by atoms with Crippen LogP contribution in [0, 0.1) is 6.92 Å². The Kier molecular flexibility index (Phi) is 2.90. The lowest BCUT2D eigenvalue weighted by atomic mass is 10.3. The Morgan fingerprint density at radius 3 is 2.55 bits per heavy atom. The van der Waals surface area contributed by atoms with Gasteiger partial charge in [-0.05, 0) is 19.1 Å². The summed E-state index contributed by atoms with van der Waals surface area (Å²) in [5, 5.41) is 0. The summed E-state index contributed by atoms with van der Waals surface area (Å²) in [6, 6.07) is 3.42. The average molecular weight is 282 g/mol. The average Bonchev–Trinajstić information content (AvgIpc) is 2.34. The number of furan rings is 1. The fourth-order valence-corrected chi connectivity index (χ4v) is 1.13. The number of carbonyl (C=O) groups excluding carboxylic acids is 1. The minimum Gasteiger partial charge on any atom is -0.458 e. The fraction of sp³-hybridized carbons (Fsp3) is 0.286. The second-order valence-corrected chi connectivity index (χ2v) is 5.14. The smallest absolute Gasteiger partial charge is 0.222 e. The van der Waals surface area contributed by atoms with Gasteiger partial charge < -0.3 is 4.42 Å². The van der Waals surface area contributed by atoms with E-state index in [4.69, 9.17) is 4.42 Å². The summed E-state index contributed by atoms with van der Waals surface area (Å²) in [5.74, 6) is 1.02. The highest BCUT2D eigenvalue weighted by Crippen LogP contribution is 2.17. The molecule has 11 heavy (non-hydrogen) atoms. The molecule has 2 nitrogen and oxygen atoms in total. The van der Waals surface area contributed by atoms with Crippen molar-refractivity contribution < 1.29 is 9.21 Å². The zero-order valence-corrected chi connectivity index (χ0v) is 8.98. The Labute approximate surface area is 81.2 Å². The molecule has 0 saturated carbocycles. The van der Waals surface area contributed by atoms with Gasteiger partial charge >= 0.3 is 0 Å². The Balaban J connectivity index is 2.85. The van der Waals surface area contributed by atoms with Crippen LogP contribution in [0.1, 0.15) is 16.3 Å². The van der Waals surface area contributed by atoms with Crippen LogP contribution < -0.4 is 0 Å². The molecule has 0 aliphatic rings. The molecule has 0 aromatic carbocycles. The highest BCUT2D eigenvalue weighted by Gasteiger charge is 2.16. The second kappa shape index (κ2) is 3.54. The van der Waals surface area contributed by atoms with Crippen LogP contribution in [0.25, 0.3) is 0 Å². The minimum atomic E-state index is -0.361. The van der Waals surface area contributed by atoms with E-state index in [0.717, 1.165) is 5.76 Å². The topological polar surface area (TPSA) is 30.2 Å². The van der Waals surface area contributed by atoms with Gasteiger partial charge in [0.1, 0.15) is 9.50 Å². The van der Waals surface area contributed by atoms with Crippen LogP contribution in [-0.2, 0) is 0 Å². The molecule has 0 N–H and O–H groups in total. The number of halogens is 2. The predicted molar refractivity (Wildman–Crippen MR) is 49.4 cm³/mol. The molecule has 0 amide bonds. The van der Waals surface area contributed by atoms with Gasteiger partial charge in [-0.1, -0.05) is 31.9 Å². The third kappa shape index (κ3) is 2.17. The van der Waals surface area contributed by atoms with Gasteiger partial charge in [-0.2, -0.15) is 0 Å². The summed E-state index contributed by atoms with van der Waals surface area (Å²) in [5.41, 5.74) is 0. The quantitative estimate of drug-likeness (QED) is 0.616. The van der Waals surface area contributed by atoms with E-state index in [9.17, 15) is 4.79 Å². The van der Waals surface area contributed by atoms with Crippen LogP contribution in [0.15, 0.2) is 16.5 Å². The van der Waals surface area contributed by atoms with E-state index in [2.05, 4.69) is 31.9 Å². The van der Waals surface area contributed by atoms with E-state index in [-0.39, 0.29) is 9.52 Å². The molecule has 0 radical (unpaired) electrons. The van der Waals surface area contributed by atoms with Crippen molar-refractivity contribution in [3.8, 4) is 0 Å². The lowest BCUT2D eigenvalue weighted by Gasteiger charge is -1.94. The molecule has 0 bridgehead atoms. The van der Waals surface area contributed by atoms with E-state index in [1.165, 1.54) is 0 Å². The summed E-state index contributed by atoms with van der Waals surface area (Å²) in [6.45, 7) is 1.80. The lowest BCUT2D eigenvalue weighted by Crippen LogP contribution is -2.05. The Morgan fingerprint density at radius 2 is 2.18 bits per heavy atom. The zero-order valence-electron chi connectivity index (χ0n) is 5.80. The van der Waals surface area contributed by atoms with E-state index in [0.29, 0.717) is 5.76 Å². The van der Waals surface area contributed by atoms with Crippen LogP contribution in [0.3, 0.4) is 0 Å². The molecule has 1 rings (SSSR count). The number of hydrogen-bond donors (Lipinski definition) is 0. The van der Waals surface area contributed by atoms with Crippen molar-refractivity contribution in [3.63, 3.8) is 0 Å². The summed E-state index contributed by atoms with van der Waals surface area (Å²) < 4.78 is 4.74. The molecule has 4 heteroatoms. The Morgan fingerprint density at radius 1 is 1.55 bits per heavy atom.